The number of pyridine rings is 1. The first-order chi connectivity index (χ1) is 8.52. The molecule has 2 rings (SSSR count). The highest BCUT2D eigenvalue weighted by atomic mass is 35.5. The summed E-state index contributed by atoms with van der Waals surface area (Å²) in [5.41, 5.74) is 0.418. The minimum atomic E-state index is -2.93. The molecule has 0 bridgehead atoms. The second-order valence-electron chi connectivity index (χ2n) is 4.25. The Balaban J connectivity index is 2.21. The summed E-state index contributed by atoms with van der Waals surface area (Å²) < 4.78 is 23.0. The first-order valence-corrected chi connectivity index (χ1v) is 7.93. The van der Waals surface area contributed by atoms with E-state index in [1.54, 1.807) is 12.1 Å². The maximum Gasteiger partial charge on any atom is 0.152 e. The lowest BCUT2D eigenvalue weighted by Gasteiger charge is -2.21. The number of aliphatic hydroxyl groups excluding tert-OH is 1. The van der Waals surface area contributed by atoms with Gasteiger partial charge in [-0.2, -0.15) is 0 Å². The fourth-order valence-electron chi connectivity index (χ4n) is 1.93. The summed E-state index contributed by atoms with van der Waals surface area (Å²) in [6.07, 6.45) is 0.598. The zero-order chi connectivity index (χ0) is 13.2. The highest BCUT2D eigenvalue weighted by Gasteiger charge is 2.20. The number of hydrogen-bond acceptors (Lipinski definition) is 5. The number of nitrogens with zero attached hydrogens (tertiary/aromatic N) is 2. The molecular formula is C11H15ClN2O3S. The highest BCUT2D eigenvalue weighted by molar-refractivity contribution is 7.91. The summed E-state index contributed by atoms with van der Waals surface area (Å²) in [6.45, 7) is 0.860. The molecule has 7 heteroatoms. The SMILES string of the molecule is O=S1(=O)CCCN(c2ccc(Cl)c(CO)n2)CC1. The normalized spacial score (nSPS) is 19.6. The second-order valence-corrected chi connectivity index (χ2v) is 6.96. The van der Waals surface area contributed by atoms with E-state index >= 15 is 0 Å². The molecule has 0 atom stereocenters. The van der Waals surface area contributed by atoms with Crippen molar-refractivity contribution in [1.82, 2.24) is 4.98 Å². The van der Waals surface area contributed by atoms with Gasteiger partial charge in [-0.05, 0) is 18.6 Å². The number of aliphatic hydroxyl groups is 1. The van der Waals surface area contributed by atoms with Crippen molar-refractivity contribution >= 4 is 27.3 Å². The van der Waals surface area contributed by atoms with E-state index in [0.29, 0.717) is 36.0 Å². The largest absolute Gasteiger partial charge is 0.390 e. The van der Waals surface area contributed by atoms with Gasteiger partial charge in [-0.3, -0.25) is 0 Å². The molecule has 1 saturated heterocycles. The maximum atomic E-state index is 11.5. The summed E-state index contributed by atoms with van der Waals surface area (Å²) in [6, 6.07) is 3.42. The minimum absolute atomic E-state index is 0.145. The third-order valence-electron chi connectivity index (χ3n) is 2.93. The van der Waals surface area contributed by atoms with Gasteiger partial charge in [-0.1, -0.05) is 11.6 Å². The van der Waals surface area contributed by atoms with Crippen molar-refractivity contribution in [3.05, 3.63) is 22.8 Å². The molecule has 1 aliphatic heterocycles. The van der Waals surface area contributed by atoms with E-state index in [-0.39, 0.29) is 18.1 Å². The summed E-state index contributed by atoms with van der Waals surface area (Å²) in [7, 11) is -2.93. The molecule has 18 heavy (non-hydrogen) atoms. The number of halogens is 1. The molecular weight excluding hydrogens is 276 g/mol. The van der Waals surface area contributed by atoms with Gasteiger partial charge in [-0.15, -0.1) is 0 Å². The minimum Gasteiger partial charge on any atom is -0.390 e. The third-order valence-corrected chi connectivity index (χ3v) is 4.99. The standard InChI is InChI=1S/C11H15ClN2O3S/c12-9-2-3-11(13-10(9)8-15)14-4-1-6-18(16,17)7-5-14/h2-3,15H,1,4-8H2. The van der Waals surface area contributed by atoms with Crippen molar-refractivity contribution in [1.29, 1.82) is 0 Å². The zero-order valence-corrected chi connectivity index (χ0v) is 11.4. The predicted octanol–water partition coefficient (Wildman–Crippen LogP) is 0.852. The van der Waals surface area contributed by atoms with Crippen molar-refractivity contribution in [2.45, 2.75) is 13.0 Å². The highest BCUT2D eigenvalue weighted by Crippen LogP contribution is 2.20. The molecule has 0 radical (unpaired) electrons. The van der Waals surface area contributed by atoms with E-state index in [1.165, 1.54) is 0 Å². The fraction of sp³-hybridized carbons (Fsp3) is 0.545. The molecule has 0 saturated carbocycles. The van der Waals surface area contributed by atoms with Crippen molar-refractivity contribution in [2.75, 3.05) is 29.5 Å². The number of rotatable bonds is 2. The predicted molar refractivity (Wildman–Crippen MR) is 70.7 cm³/mol. The van der Waals surface area contributed by atoms with Gasteiger partial charge in [0.2, 0.25) is 0 Å². The molecule has 0 amide bonds. The number of sulfone groups is 1. The number of anilines is 1. The summed E-state index contributed by atoms with van der Waals surface area (Å²) in [5, 5.41) is 9.54. The molecule has 0 aliphatic carbocycles. The van der Waals surface area contributed by atoms with Crippen LogP contribution in [0, 0.1) is 0 Å². The zero-order valence-electron chi connectivity index (χ0n) is 9.84. The smallest absolute Gasteiger partial charge is 0.152 e. The first-order valence-electron chi connectivity index (χ1n) is 5.73. The Morgan fingerprint density at radius 1 is 1.33 bits per heavy atom. The van der Waals surface area contributed by atoms with Crippen LogP contribution in [-0.2, 0) is 16.4 Å². The number of hydrogen-bond donors (Lipinski definition) is 1. The van der Waals surface area contributed by atoms with Crippen molar-refractivity contribution in [3.63, 3.8) is 0 Å². The molecule has 1 fully saturated rings. The van der Waals surface area contributed by atoms with E-state index in [2.05, 4.69) is 4.98 Å². The van der Waals surface area contributed by atoms with Gasteiger partial charge in [0, 0.05) is 13.1 Å². The Morgan fingerprint density at radius 3 is 2.83 bits per heavy atom. The first kappa shape index (κ1) is 13.6. The summed E-state index contributed by atoms with van der Waals surface area (Å²) in [4.78, 5) is 6.17. The topological polar surface area (TPSA) is 70.5 Å². The summed E-state index contributed by atoms with van der Waals surface area (Å²) in [5.74, 6) is 1.04. The quantitative estimate of drug-likeness (QED) is 0.874. The molecule has 0 unspecified atom stereocenters. The van der Waals surface area contributed by atoms with Gasteiger partial charge in [0.1, 0.15) is 5.82 Å². The second kappa shape index (κ2) is 5.42. The van der Waals surface area contributed by atoms with E-state index in [4.69, 9.17) is 16.7 Å². The average molecular weight is 291 g/mol. The van der Waals surface area contributed by atoms with Crippen LogP contribution in [0.3, 0.4) is 0 Å². The van der Waals surface area contributed by atoms with Crippen molar-refractivity contribution in [3.8, 4) is 0 Å². The van der Waals surface area contributed by atoms with Crippen LogP contribution in [-0.4, -0.2) is 43.1 Å². The molecule has 1 N–H and O–H groups in total. The van der Waals surface area contributed by atoms with E-state index < -0.39 is 9.84 Å². The van der Waals surface area contributed by atoms with Gasteiger partial charge >= 0.3 is 0 Å². The van der Waals surface area contributed by atoms with E-state index in [1.807, 2.05) is 4.90 Å². The van der Waals surface area contributed by atoms with Crippen LogP contribution >= 0.6 is 11.6 Å². The van der Waals surface area contributed by atoms with Crippen LogP contribution < -0.4 is 4.90 Å². The summed E-state index contributed by atoms with van der Waals surface area (Å²) >= 11 is 5.88. The molecule has 1 aliphatic rings. The van der Waals surface area contributed by atoms with Gasteiger partial charge in [0.05, 0.1) is 28.8 Å². The Bertz CT molecular complexity index is 533. The van der Waals surface area contributed by atoms with Crippen LogP contribution in [0.5, 0.6) is 0 Å². The Kier molecular flexibility index (Phi) is 4.09. The van der Waals surface area contributed by atoms with E-state index in [0.717, 1.165) is 0 Å². The number of aromatic nitrogens is 1. The van der Waals surface area contributed by atoms with Crippen LogP contribution in [0.2, 0.25) is 5.02 Å². The molecule has 5 nitrogen and oxygen atoms in total. The van der Waals surface area contributed by atoms with Gasteiger partial charge in [-0.25, -0.2) is 13.4 Å². The Hall–Kier alpha value is -0.850. The van der Waals surface area contributed by atoms with Crippen LogP contribution in [0.15, 0.2) is 12.1 Å². The fourth-order valence-corrected chi connectivity index (χ4v) is 3.36. The van der Waals surface area contributed by atoms with Crippen LogP contribution in [0.4, 0.5) is 5.82 Å². The van der Waals surface area contributed by atoms with Crippen molar-refractivity contribution in [2.24, 2.45) is 0 Å². The average Bonchev–Trinajstić information content (AvgIpc) is 2.51. The molecule has 100 valence electrons. The monoisotopic (exact) mass is 290 g/mol. The Morgan fingerprint density at radius 2 is 2.11 bits per heavy atom. The Labute approximate surface area is 111 Å². The van der Waals surface area contributed by atoms with Crippen LogP contribution in [0.25, 0.3) is 0 Å². The lowest BCUT2D eigenvalue weighted by Crippen LogP contribution is -2.27. The van der Waals surface area contributed by atoms with Crippen molar-refractivity contribution < 1.29 is 13.5 Å². The third kappa shape index (κ3) is 3.13. The lowest BCUT2D eigenvalue weighted by molar-refractivity contribution is 0.277. The van der Waals surface area contributed by atoms with E-state index in [9.17, 15) is 8.42 Å². The molecule has 1 aromatic rings. The van der Waals surface area contributed by atoms with Gasteiger partial charge < -0.3 is 10.0 Å². The molecule has 2 heterocycles. The maximum absolute atomic E-state index is 11.5. The molecule has 0 aromatic carbocycles. The van der Waals surface area contributed by atoms with Crippen LogP contribution in [0.1, 0.15) is 12.1 Å². The molecule has 1 aromatic heterocycles. The van der Waals surface area contributed by atoms with Gasteiger partial charge in [0.15, 0.2) is 9.84 Å². The molecule has 0 spiro atoms. The van der Waals surface area contributed by atoms with Gasteiger partial charge in [0.25, 0.3) is 0 Å². The lowest BCUT2D eigenvalue weighted by atomic mass is 10.3.